The number of likely N-dealkylation sites (tertiary alicyclic amines) is 2. The SMILES string of the molecule is CC1CCN(C(=O)CN2CN(c3ccccc3)C3(CCN(C(=O)C4CC4c4ccccc4)CC3)C2=O)CC1. The van der Waals surface area contributed by atoms with Gasteiger partial charge in [0.2, 0.25) is 11.8 Å². The van der Waals surface area contributed by atoms with Crippen molar-refractivity contribution in [3.63, 3.8) is 0 Å². The highest BCUT2D eigenvalue weighted by molar-refractivity contribution is 5.96. The zero-order chi connectivity index (χ0) is 26.3. The van der Waals surface area contributed by atoms with Crippen LogP contribution < -0.4 is 4.90 Å². The predicted molar refractivity (Wildman–Crippen MR) is 146 cm³/mol. The minimum absolute atomic E-state index is 0.0285. The number of para-hydroxylation sites is 1. The summed E-state index contributed by atoms with van der Waals surface area (Å²) < 4.78 is 0. The maximum absolute atomic E-state index is 14.0. The first kappa shape index (κ1) is 25.0. The molecular weight excluding hydrogens is 476 g/mol. The summed E-state index contributed by atoms with van der Waals surface area (Å²) in [6.07, 6.45) is 4.12. The van der Waals surface area contributed by atoms with Gasteiger partial charge in [0.05, 0.1) is 6.67 Å². The highest BCUT2D eigenvalue weighted by Gasteiger charge is 2.55. The monoisotopic (exact) mass is 514 g/mol. The number of nitrogens with zero attached hydrogens (tertiary/aromatic N) is 4. The van der Waals surface area contributed by atoms with Gasteiger partial charge in [-0.3, -0.25) is 14.4 Å². The number of piperidine rings is 2. The van der Waals surface area contributed by atoms with Crippen molar-refractivity contribution in [2.75, 3.05) is 44.3 Å². The van der Waals surface area contributed by atoms with E-state index in [1.165, 1.54) is 5.56 Å². The van der Waals surface area contributed by atoms with Crippen LogP contribution >= 0.6 is 0 Å². The zero-order valence-electron chi connectivity index (χ0n) is 22.3. The summed E-state index contributed by atoms with van der Waals surface area (Å²) in [6, 6.07) is 20.3. The second-order valence-corrected chi connectivity index (χ2v) is 11.7. The van der Waals surface area contributed by atoms with Crippen LogP contribution in [0.15, 0.2) is 60.7 Å². The first-order chi connectivity index (χ1) is 18.5. The van der Waals surface area contributed by atoms with Gasteiger partial charge < -0.3 is 19.6 Å². The molecule has 7 heteroatoms. The van der Waals surface area contributed by atoms with E-state index in [-0.39, 0.29) is 30.2 Å². The second-order valence-electron chi connectivity index (χ2n) is 11.7. The Balaban J connectivity index is 1.15. The number of carbonyl (C=O) groups excluding carboxylic acids is 3. The topological polar surface area (TPSA) is 64.2 Å². The molecule has 3 heterocycles. The molecular formula is C31H38N4O3. The fraction of sp³-hybridized carbons (Fsp3) is 0.516. The molecule has 2 aromatic carbocycles. The molecule has 7 nitrogen and oxygen atoms in total. The lowest BCUT2D eigenvalue weighted by Gasteiger charge is -2.43. The van der Waals surface area contributed by atoms with E-state index in [0.717, 1.165) is 38.0 Å². The van der Waals surface area contributed by atoms with Crippen LogP contribution in [0.25, 0.3) is 0 Å². The molecule has 2 aromatic rings. The Kier molecular flexibility index (Phi) is 6.62. The van der Waals surface area contributed by atoms with Crippen LogP contribution in [-0.4, -0.2) is 77.4 Å². The number of anilines is 1. The van der Waals surface area contributed by atoms with E-state index in [9.17, 15) is 14.4 Å². The third-order valence-electron chi connectivity index (χ3n) is 9.28. The summed E-state index contributed by atoms with van der Waals surface area (Å²) in [5.41, 5.74) is 1.52. The lowest BCUT2D eigenvalue weighted by molar-refractivity contribution is -0.143. The first-order valence-electron chi connectivity index (χ1n) is 14.2. The molecule has 6 rings (SSSR count). The molecule has 4 fully saturated rings. The van der Waals surface area contributed by atoms with E-state index in [2.05, 4.69) is 24.0 Å². The first-order valence-corrected chi connectivity index (χ1v) is 14.2. The van der Waals surface area contributed by atoms with Crippen molar-refractivity contribution in [1.82, 2.24) is 14.7 Å². The van der Waals surface area contributed by atoms with E-state index >= 15 is 0 Å². The van der Waals surface area contributed by atoms with Crippen LogP contribution in [0.4, 0.5) is 5.69 Å². The molecule has 0 bridgehead atoms. The fourth-order valence-corrected chi connectivity index (χ4v) is 6.71. The summed E-state index contributed by atoms with van der Waals surface area (Å²) in [7, 11) is 0. The molecule has 3 aliphatic heterocycles. The summed E-state index contributed by atoms with van der Waals surface area (Å²) in [4.78, 5) is 48.3. The highest BCUT2D eigenvalue weighted by atomic mass is 16.2. The number of rotatable bonds is 5. The molecule has 0 radical (unpaired) electrons. The molecule has 1 spiro atoms. The molecule has 38 heavy (non-hydrogen) atoms. The third kappa shape index (κ3) is 4.56. The van der Waals surface area contributed by atoms with Crippen molar-refractivity contribution < 1.29 is 14.4 Å². The Hall–Kier alpha value is -3.35. The quantitative estimate of drug-likeness (QED) is 0.610. The Morgan fingerprint density at radius 1 is 0.868 bits per heavy atom. The summed E-state index contributed by atoms with van der Waals surface area (Å²) in [6.45, 7) is 5.45. The van der Waals surface area contributed by atoms with Gasteiger partial charge in [-0.05, 0) is 61.6 Å². The van der Waals surface area contributed by atoms with Crippen LogP contribution in [-0.2, 0) is 14.4 Å². The lowest BCUT2D eigenvalue weighted by atomic mass is 9.85. The van der Waals surface area contributed by atoms with Crippen LogP contribution in [0.2, 0.25) is 0 Å². The molecule has 1 aliphatic carbocycles. The fourth-order valence-electron chi connectivity index (χ4n) is 6.71. The largest absolute Gasteiger partial charge is 0.342 e. The minimum Gasteiger partial charge on any atom is -0.342 e. The van der Waals surface area contributed by atoms with Gasteiger partial charge in [0.1, 0.15) is 12.1 Å². The van der Waals surface area contributed by atoms with E-state index < -0.39 is 5.54 Å². The van der Waals surface area contributed by atoms with E-state index in [0.29, 0.717) is 44.4 Å². The summed E-state index contributed by atoms with van der Waals surface area (Å²) in [5, 5.41) is 0. The van der Waals surface area contributed by atoms with Gasteiger partial charge in [-0.15, -0.1) is 0 Å². The van der Waals surface area contributed by atoms with Gasteiger partial charge in [0.15, 0.2) is 0 Å². The Morgan fingerprint density at radius 3 is 2.16 bits per heavy atom. The van der Waals surface area contributed by atoms with Gasteiger partial charge in [-0.1, -0.05) is 55.5 Å². The molecule has 4 aliphatic rings. The standard InChI is InChI=1S/C31H38N4O3/c1-23-12-16-32(17-13-23)28(36)21-34-22-35(25-10-6-3-7-11-25)31(30(34)38)14-18-33(19-15-31)29(37)27-20-26(27)24-8-4-2-5-9-24/h2-11,23,26-27H,12-22H2,1H3. The molecule has 1 saturated carbocycles. The Morgan fingerprint density at radius 2 is 1.50 bits per heavy atom. The average molecular weight is 515 g/mol. The average Bonchev–Trinajstić information content (AvgIpc) is 3.72. The third-order valence-corrected chi connectivity index (χ3v) is 9.28. The van der Waals surface area contributed by atoms with Gasteiger partial charge in [0, 0.05) is 37.8 Å². The van der Waals surface area contributed by atoms with Crippen molar-refractivity contribution in [3.8, 4) is 0 Å². The van der Waals surface area contributed by atoms with Gasteiger partial charge in [0.25, 0.3) is 5.91 Å². The van der Waals surface area contributed by atoms with Crippen molar-refractivity contribution in [1.29, 1.82) is 0 Å². The van der Waals surface area contributed by atoms with E-state index in [4.69, 9.17) is 0 Å². The Bertz CT molecular complexity index is 1170. The number of benzene rings is 2. The van der Waals surface area contributed by atoms with E-state index in [1.54, 1.807) is 4.90 Å². The van der Waals surface area contributed by atoms with Gasteiger partial charge in [-0.2, -0.15) is 0 Å². The molecule has 3 saturated heterocycles. The summed E-state index contributed by atoms with van der Waals surface area (Å²) in [5.74, 6) is 1.31. The number of hydrogen-bond acceptors (Lipinski definition) is 4. The normalized spacial score (nSPS) is 25.2. The second kappa shape index (κ2) is 10.1. The summed E-state index contributed by atoms with van der Waals surface area (Å²) >= 11 is 0. The molecule has 3 amide bonds. The van der Waals surface area contributed by atoms with Crippen LogP contribution in [0.1, 0.15) is 50.5 Å². The lowest BCUT2D eigenvalue weighted by Crippen LogP contribution is -2.57. The minimum atomic E-state index is -0.711. The van der Waals surface area contributed by atoms with Gasteiger partial charge in [-0.25, -0.2) is 0 Å². The number of carbonyl (C=O) groups is 3. The molecule has 0 aromatic heterocycles. The van der Waals surface area contributed by atoms with E-state index in [1.807, 2.05) is 58.3 Å². The molecule has 2 atom stereocenters. The highest BCUT2D eigenvalue weighted by Crippen LogP contribution is 2.49. The smallest absolute Gasteiger partial charge is 0.250 e. The van der Waals surface area contributed by atoms with Crippen molar-refractivity contribution in [3.05, 3.63) is 66.2 Å². The zero-order valence-corrected chi connectivity index (χ0v) is 22.3. The molecule has 2 unspecified atom stereocenters. The van der Waals surface area contributed by atoms with Gasteiger partial charge >= 0.3 is 0 Å². The van der Waals surface area contributed by atoms with Crippen molar-refractivity contribution >= 4 is 23.4 Å². The van der Waals surface area contributed by atoms with Crippen molar-refractivity contribution in [2.24, 2.45) is 11.8 Å². The van der Waals surface area contributed by atoms with Crippen molar-refractivity contribution in [2.45, 2.75) is 50.5 Å². The molecule has 200 valence electrons. The maximum Gasteiger partial charge on any atom is 0.250 e. The predicted octanol–water partition coefficient (Wildman–Crippen LogP) is 3.72. The molecule has 0 N–H and O–H groups in total. The van der Waals surface area contributed by atoms with Crippen LogP contribution in [0.5, 0.6) is 0 Å². The maximum atomic E-state index is 14.0. The van der Waals surface area contributed by atoms with Crippen LogP contribution in [0.3, 0.4) is 0 Å². The van der Waals surface area contributed by atoms with Crippen LogP contribution in [0, 0.1) is 11.8 Å². The Labute approximate surface area is 225 Å². The number of hydrogen-bond donors (Lipinski definition) is 0. The number of amides is 3.